The minimum Gasteiger partial charge on any atom is -0.422 e. The summed E-state index contributed by atoms with van der Waals surface area (Å²) >= 11 is 6.01. The second-order valence-electron chi connectivity index (χ2n) is 5.19. The van der Waals surface area contributed by atoms with Gasteiger partial charge in [0.15, 0.2) is 0 Å². The van der Waals surface area contributed by atoms with Crippen LogP contribution < -0.4 is 10.1 Å². The summed E-state index contributed by atoms with van der Waals surface area (Å²) < 4.78 is 5.39. The maximum Gasteiger partial charge on any atom is 0.345 e. The summed E-state index contributed by atoms with van der Waals surface area (Å²) in [7, 11) is 0. The molecule has 0 aliphatic carbocycles. The third-order valence-corrected chi connectivity index (χ3v) is 3.79. The molecule has 4 nitrogen and oxygen atoms in total. The van der Waals surface area contributed by atoms with Crippen molar-refractivity contribution in [3.63, 3.8) is 0 Å². The van der Waals surface area contributed by atoms with E-state index in [0.29, 0.717) is 10.7 Å². The van der Waals surface area contributed by atoms with Gasteiger partial charge < -0.3 is 10.1 Å². The van der Waals surface area contributed by atoms with Gasteiger partial charge in [0.25, 0.3) is 5.91 Å². The van der Waals surface area contributed by atoms with E-state index >= 15 is 0 Å². The maximum atomic E-state index is 12.5. The van der Waals surface area contributed by atoms with Gasteiger partial charge in [-0.15, -0.1) is 0 Å². The number of ether oxygens (including phenoxy) is 1. The van der Waals surface area contributed by atoms with Gasteiger partial charge in [0.2, 0.25) is 0 Å². The Bertz CT molecular complexity index is 910. The van der Waals surface area contributed by atoms with E-state index in [0.717, 1.165) is 0 Å². The molecular formula is C20H14ClNO3. The first kappa shape index (κ1) is 16.7. The van der Waals surface area contributed by atoms with Crippen LogP contribution in [0, 0.1) is 0 Å². The number of hydrogen-bond acceptors (Lipinski definition) is 3. The van der Waals surface area contributed by atoms with Crippen LogP contribution in [0.5, 0.6) is 5.75 Å². The first-order valence-corrected chi connectivity index (χ1v) is 7.95. The molecule has 3 aromatic rings. The molecule has 0 unspecified atom stereocenters. The van der Waals surface area contributed by atoms with Gasteiger partial charge in [-0.3, -0.25) is 4.79 Å². The van der Waals surface area contributed by atoms with E-state index < -0.39 is 5.97 Å². The molecule has 3 aromatic carbocycles. The summed E-state index contributed by atoms with van der Waals surface area (Å²) in [6.07, 6.45) is 0. The van der Waals surface area contributed by atoms with Crippen molar-refractivity contribution < 1.29 is 14.3 Å². The molecule has 124 valence electrons. The van der Waals surface area contributed by atoms with Gasteiger partial charge in [-0.25, -0.2) is 4.79 Å². The second-order valence-corrected chi connectivity index (χ2v) is 5.59. The molecule has 1 N–H and O–H groups in total. The van der Waals surface area contributed by atoms with Crippen molar-refractivity contribution in [1.82, 2.24) is 0 Å². The highest BCUT2D eigenvalue weighted by molar-refractivity contribution is 6.33. The van der Waals surface area contributed by atoms with Crippen LogP contribution in [0.25, 0.3) is 0 Å². The fourth-order valence-corrected chi connectivity index (χ4v) is 2.46. The van der Waals surface area contributed by atoms with Crippen molar-refractivity contribution in [1.29, 1.82) is 0 Å². The second kappa shape index (κ2) is 7.64. The molecule has 5 heteroatoms. The lowest BCUT2D eigenvalue weighted by Crippen LogP contribution is -2.16. The molecule has 0 bridgehead atoms. The van der Waals surface area contributed by atoms with E-state index in [9.17, 15) is 9.59 Å². The quantitative estimate of drug-likeness (QED) is 0.542. The molecule has 0 aliphatic rings. The number of anilines is 1. The summed E-state index contributed by atoms with van der Waals surface area (Å²) in [5.74, 6) is -0.819. The highest BCUT2D eigenvalue weighted by Gasteiger charge is 2.17. The highest BCUT2D eigenvalue weighted by Crippen LogP contribution is 2.23. The Morgan fingerprint density at radius 2 is 1.36 bits per heavy atom. The molecule has 0 spiro atoms. The summed E-state index contributed by atoms with van der Waals surface area (Å²) in [4.78, 5) is 24.8. The number of benzene rings is 3. The largest absolute Gasteiger partial charge is 0.422 e. The molecule has 3 rings (SSSR count). The van der Waals surface area contributed by atoms with Crippen molar-refractivity contribution in [3.05, 3.63) is 95.0 Å². The van der Waals surface area contributed by atoms with Gasteiger partial charge in [-0.05, 0) is 36.4 Å². The lowest BCUT2D eigenvalue weighted by molar-refractivity contribution is 0.0733. The zero-order valence-electron chi connectivity index (χ0n) is 13.1. The molecule has 25 heavy (non-hydrogen) atoms. The van der Waals surface area contributed by atoms with Gasteiger partial charge in [0.05, 0.1) is 16.1 Å². The Labute approximate surface area is 150 Å². The SMILES string of the molecule is O=C(Oc1ccccc1C(=O)Nc1ccccc1)c1ccccc1Cl. The van der Waals surface area contributed by atoms with E-state index in [1.807, 2.05) is 18.2 Å². The van der Waals surface area contributed by atoms with Crippen molar-refractivity contribution in [2.75, 3.05) is 5.32 Å². The van der Waals surface area contributed by atoms with Crippen LogP contribution in [-0.2, 0) is 0 Å². The Balaban J connectivity index is 1.82. The van der Waals surface area contributed by atoms with Crippen LogP contribution in [0.1, 0.15) is 20.7 Å². The Kier molecular flexibility index (Phi) is 5.11. The summed E-state index contributed by atoms with van der Waals surface area (Å²) in [5.41, 5.74) is 1.15. The minimum absolute atomic E-state index is 0.167. The summed E-state index contributed by atoms with van der Waals surface area (Å²) in [5, 5.41) is 3.06. The lowest BCUT2D eigenvalue weighted by atomic mass is 10.1. The van der Waals surface area contributed by atoms with Crippen LogP contribution in [-0.4, -0.2) is 11.9 Å². The minimum atomic E-state index is -0.620. The van der Waals surface area contributed by atoms with Crippen LogP contribution in [0.3, 0.4) is 0 Å². The first-order chi connectivity index (χ1) is 12.1. The number of rotatable bonds is 4. The van der Waals surface area contributed by atoms with E-state index in [-0.39, 0.29) is 22.8 Å². The number of halogens is 1. The standard InChI is InChI=1S/C20H14ClNO3/c21-17-12-6-4-10-15(17)20(24)25-18-13-7-5-11-16(18)19(23)22-14-8-2-1-3-9-14/h1-13H,(H,22,23). The first-order valence-electron chi connectivity index (χ1n) is 7.57. The zero-order chi connectivity index (χ0) is 17.6. The normalized spacial score (nSPS) is 10.1. The van der Waals surface area contributed by atoms with Crippen LogP contribution >= 0.6 is 11.6 Å². The molecule has 0 aliphatic heterocycles. The van der Waals surface area contributed by atoms with Gasteiger partial charge in [-0.2, -0.15) is 0 Å². The number of amides is 1. The fourth-order valence-electron chi connectivity index (χ4n) is 2.24. The topological polar surface area (TPSA) is 55.4 Å². The number of esters is 1. The van der Waals surface area contributed by atoms with E-state index in [4.69, 9.17) is 16.3 Å². The number of carbonyl (C=O) groups is 2. The average molecular weight is 352 g/mol. The third kappa shape index (κ3) is 4.05. The van der Waals surface area contributed by atoms with Gasteiger partial charge >= 0.3 is 5.97 Å². The third-order valence-electron chi connectivity index (χ3n) is 3.46. The molecular weight excluding hydrogens is 338 g/mol. The predicted molar refractivity (Wildman–Crippen MR) is 97.2 cm³/mol. The molecule has 0 heterocycles. The van der Waals surface area contributed by atoms with Gasteiger partial charge in [0.1, 0.15) is 5.75 Å². The van der Waals surface area contributed by atoms with Gasteiger partial charge in [0, 0.05) is 5.69 Å². The Hall–Kier alpha value is -3.11. The summed E-state index contributed by atoms with van der Waals surface area (Å²) in [6.45, 7) is 0. The molecule has 0 saturated heterocycles. The number of para-hydroxylation sites is 2. The van der Waals surface area contributed by atoms with Gasteiger partial charge in [-0.1, -0.05) is 54.1 Å². The smallest absolute Gasteiger partial charge is 0.345 e. The maximum absolute atomic E-state index is 12.5. The van der Waals surface area contributed by atoms with Crippen molar-refractivity contribution in [2.24, 2.45) is 0 Å². The average Bonchev–Trinajstić information content (AvgIpc) is 2.63. The van der Waals surface area contributed by atoms with E-state index in [1.165, 1.54) is 0 Å². The number of hydrogen-bond donors (Lipinski definition) is 1. The zero-order valence-corrected chi connectivity index (χ0v) is 13.9. The van der Waals surface area contributed by atoms with E-state index in [2.05, 4.69) is 5.32 Å². The number of carbonyl (C=O) groups excluding carboxylic acids is 2. The highest BCUT2D eigenvalue weighted by atomic mass is 35.5. The molecule has 0 atom stereocenters. The van der Waals surface area contributed by atoms with Crippen molar-refractivity contribution >= 4 is 29.2 Å². The van der Waals surface area contributed by atoms with Crippen LogP contribution in [0.4, 0.5) is 5.69 Å². The van der Waals surface area contributed by atoms with Crippen molar-refractivity contribution in [3.8, 4) is 5.75 Å². The predicted octanol–water partition coefficient (Wildman–Crippen LogP) is 4.81. The molecule has 1 amide bonds. The van der Waals surface area contributed by atoms with Crippen LogP contribution in [0.2, 0.25) is 5.02 Å². The molecule has 0 aromatic heterocycles. The molecule has 0 fully saturated rings. The van der Waals surface area contributed by atoms with Crippen LogP contribution in [0.15, 0.2) is 78.9 Å². The fraction of sp³-hybridized carbons (Fsp3) is 0. The Morgan fingerprint density at radius 3 is 2.08 bits per heavy atom. The monoisotopic (exact) mass is 351 g/mol. The molecule has 0 saturated carbocycles. The lowest BCUT2D eigenvalue weighted by Gasteiger charge is -2.11. The van der Waals surface area contributed by atoms with E-state index in [1.54, 1.807) is 60.7 Å². The Morgan fingerprint density at radius 1 is 0.760 bits per heavy atom. The van der Waals surface area contributed by atoms with Crippen molar-refractivity contribution in [2.45, 2.75) is 0 Å². The molecule has 0 radical (unpaired) electrons. The number of nitrogens with one attached hydrogen (secondary N) is 1. The summed E-state index contributed by atoms with van der Waals surface area (Å²) in [6, 6.07) is 22.2.